The molecule has 0 fully saturated rings. The van der Waals surface area contributed by atoms with Gasteiger partial charge in [-0.25, -0.2) is 4.98 Å². The number of hydrogen-bond acceptors (Lipinski definition) is 3. The minimum absolute atomic E-state index is 0.127. The average molecular weight is 402 g/mol. The zero-order chi connectivity index (χ0) is 18.0. The molecule has 0 aliphatic carbocycles. The van der Waals surface area contributed by atoms with Crippen molar-refractivity contribution in [3.8, 4) is 5.75 Å². The Balaban J connectivity index is 1.88. The molecule has 5 nitrogen and oxygen atoms in total. The molecule has 0 saturated heterocycles. The van der Waals surface area contributed by atoms with E-state index in [1.54, 1.807) is 7.11 Å². The first-order valence-electron chi connectivity index (χ1n) is 8.11. The van der Waals surface area contributed by atoms with Crippen molar-refractivity contribution in [2.75, 3.05) is 7.11 Å². The number of rotatable bonds is 5. The molecule has 2 heterocycles. The Morgan fingerprint density at radius 1 is 1.32 bits per heavy atom. The van der Waals surface area contributed by atoms with E-state index in [4.69, 9.17) is 4.74 Å². The van der Waals surface area contributed by atoms with E-state index in [0.29, 0.717) is 18.7 Å². The Morgan fingerprint density at radius 2 is 2.04 bits per heavy atom. The Kier molecular flexibility index (Phi) is 5.08. The Labute approximate surface area is 155 Å². The molecule has 0 spiro atoms. The first-order valence-corrected chi connectivity index (χ1v) is 8.91. The summed E-state index contributed by atoms with van der Waals surface area (Å²) in [6.07, 6.45) is 2.58. The number of imidazole rings is 1. The van der Waals surface area contributed by atoms with Crippen LogP contribution in [-0.4, -0.2) is 22.4 Å². The van der Waals surface area contributed by atoms with Gasteiger partial charge in [-0.15, -0.1) is 0 Å². The number of aromatic nitrogens is 2. The number of halogens is 1. The normalized spacial score (nSPS) is 10.9. The van der Waals surface area contributed by atoms with E-state index in [0.717, 1.165) is 32.7 Å². The number of carbonyl (C=O) groups excluding carboxylic acids is 1. The fourth-order valence-electron chi connectivity index (χ4n) is 2.81. The number of amides is 1. The Hall–Kier alpha value is -2.34. The van der Waals surface area contributed by atoms with Crippen LogP contribution < -0.4 is 10.1 Å². The number of methoxy groups -OCH3 is 1. The quantitative estimate of drug-likeness (QED) is 0.704. The first-order chi connectivity index (χ1) is 12.0. The maximum Gasteiger partial charge on any atom is 0.270 e. The number of nitrogens with one attached hydrogen (secondary N) is 1. The van der Waals surface area contributed by atoms with Crippen molar-refractivity contribution >= 4 is 27.5 Å². The molecule has 130 valence electrons. The van der Waals surface area contributed by atoms with E-state index in [1.165, 1.54) is 0 Å². The number of pyridine rings is 1. The number of benzene rings is 1. The predicted octanol–water partition coefficient (Wildman–Crippen LogP) is 3.91. The van der Waals surface area contributed by atoms with Gasteiger partial charge in [0.05, 0.1) is 12.8 Å². The van der Waals surface area contributed by atoms with Gasteiger partial charge in [-0.1, -0.05) is 19.1 Å². The highest BCUT2D eigenvalue weighted by Crippen LogP contribution is 2.21. The van der Waals surface area contributed by atoms with Crippen molar-refractivity contribution in [3.05, 3.63) is 63.5 Å². The first kappa shape index (κ1) is 17.5. The van der Waals surface area contributed by atoms with E-state index in [9.17, 15) is 4.79 Å². The van der Waals surface area contributed by atoms with E-state index in [2.05, 4.69) is 26.2 Å². The van der Waals surface area contributed by atoms with Crippen LogP contribution in [0.1, 0.15) is 34.2 Å². The van der Waals surface area contributed by atoms with Crippen LogP contribution in [0.25, 0.3) is 5.65 Å². The van der Waals surface area contributed by atoms with Crippen molar-refractivity contribution < 1.29 is 9.53 Å². The zero-order valence-corrected chi connectivity index (χ0v) is 16.1. The summed E-state index contributed by atoms with van der Waals surface area (Å²) in [5, 5.41) is 2.99. The standard InChI is InChI=1S/C19H20BrN3O2/c1-4-16-17(23-11-14(20)9-12(2)18(23)22-16)19(24)21-10-13-5-7-15(25-3)8-6-13/h5-9,11H,4,10H2,1-3H3,(H,21,24). The molecule has 0 bridgehead atoms. The molecular weight excluding hydrogens is 382 g/mol. The third-order valence-corrected chi connectivity index (χ3v) is 4.54. The van der Waals surface area contributed by atoms with Crippen molar-refractivity contribution in [1.82, 2.24) is 14.7 Å². The molecule has 1 amide bonds. The minimum atomic E-state index is -0.127. The van der Waals surface area contributed by atoms with Crippen molar-refractivity contribution in [2.24, 2.45) is 0 Å². The lowest BCUT2D eigenvalue weighted by molar-refractivity contribution is 0.0944. The highest BCUT2D eigenvalue weighted by molar-refractivity contribution is 9.10. The lowest BCUT2D eigenvalue weighted by atomic mass is 10.2. The molecule has 0 atom stereocenters. The fraction of sp³-hybridized carbons (Fsp3) is 0.263. The molecule has 0 radical (unpaired) electrons. The maximum atomic E-state index is 12.8. The van der Waals surface area contributed by atoms with Gasteiger partial charge in [0.1, 0.15) is 17.1 Å². The number of ether oxygens (including phenoxy) is 1. The molecule has 6 heteroatoms. The van der Waals surface area contributed by atoms with E-state index < -0.39 is 0 Å². The van der Waals surface area contributed by atoms with Gasteiger partial charge in [-0.05, 0) is 58.6 Å². The minimum Gasteiger partial charge on any atom is -0.497 e. The molecule has 0 saturated carbocycles. The summed E-state index contributed by atoms with van der Waals surface area (Å²) in [7, 11) is 1.63. The summed E-state index contributed by atoms with van der Waals surface area (Å²) >= 11 is 3.49. The van der Waals surface area contributed by atoms with Crippen molar-refractivity contribution in [2.45, 2.75) is 26.8 Å². The van der Waals surface area contributed by atoms with Crippen molar-refractivity contribution in [1.29, 1.82) is 0 Å². The lowest BCUT2D eigenvalue weighted by Gasteiger charge is -2.08. The molecule has 25 heavy (non-hydrogen) atoms. The van der Waals surface area contributed by atoms with Gasteiger partial charge in [0.25, 0.3) is 5.91 Å². The van der Waals surface area contributed by atoms with Crippen LogP contribution in [0.5, 0.6) is 5.75 Å². The topological polar surface area (TPSA) is 55.6 Å². The van der Waals surface area contributed by atoms with Gasteiger partial charge >= 0.3 is 0 Å². The van der Waals surface area contributed by atoms with Crippen LogP contribution in [0.2, 0.25) is 0 Å². The van der Waals surface area contributed by atoms with Crippen LogP contribution in [0, 0.1) is 6.92 Å². The number of nitrogens with zero attached hydrogens (tertiary/aromatic N) is 2. The summed E-state index contributed by atoms with van der Waals surface area (Å²) in [6.45, 7) is 4.45. The smallest absolute Gasteiger partial charge is 0.270 e. The fourth-order valence-corrected chi connectivity index (χ4v) is 3.36. The third kappa shape index (κ3) is 3.54. The van der Waals surface area contributed by atoms with Gasteiger partial charge in [0, 0.05) is 17.2 Å². The highest BCUT2D eigenvalue weighted by Gasteiger charge is 2.19. The van der Waals surface area contributed by atoms with E-state index >= 15 is 0 Å². The third-order valence-electron chi connectivity index (χ3n) is 4.10. The summed E-state index contributed by atoms with van der Waals surface area (Å²) < 4.78 is 7.93. The molecular formula is C19H20BrN3O2. The molecule has 2 aromatic heterocycles. The van der Waals surface area contributed by atoms with Crippen LogP contribution in [0.15, 0.2) is 41.0 Å². The molecule has 0 aliphatic rings. The summed E-state index contributed by atoms with van der Waals surface area (Å²) in [5.41, 5.74) is 4.25. The second kappa shape index (κ2) is 7.27. The van der Waals surface area contributed by atoms with Crippen LogP contribution in [0.4, 0.5) is 0 Å². The number of carbonyl (C=O) groups is 1. The summed E-state index contributed by atoms with van der Waals surface area (Å²) in [4.78, 5) is 17.4. The molecule has 0 unspecified atom stereocenters. The highest BCUT2D eigenvalue weighted by atomic mass is 79.9. The number of aryl methyl sites for hydroxylation is 2. The van der Waals surface area contributed by atoms with Crippen LogP contribution in [-0.2, 0) is 13.0 Å². The second-order valence-electron chi connectivity index (χ2n) is 5.83. The Morgan fingerprint density at radius 3 is 2.68 bits per heavy atom. The molecule has 1 N–H and O–H groups in total. The Bertz CT molecular complexity index is 917. The van der Waals surface area contributed by atoms with Crippen LogP contribution in [0.3, 0.4) is 0 Å². The average Bonchev–Trinajstić information content (AvgIpc) is 2.99. The van der Waals surface area contributed by atoms with E-state index in [1.807, 2.05) is 54.8 Å². The maximum absolute atomic E-state index is 12.8. The molecule has 3 aromatic rings. The van der Waals surface area contributed by atoms with Gasteiger partial charge in [0.15, 0.2) is 0 Å². The molecule has 3 rings (SSSR count). The molecule has 1 aromatic carbocycles. The van der Waals surface area contributed by atoms with Gasteiger partial charge in [0.2, 0.25) is 0 Å². The van der Waals surface area contributed by atoms with Gasteiger partial charge < -0.3 is 10.1 Å². The van der Waals surface area contributed by atoms with E-state index in [-0.39, 0.29) is 5.91 Å². The number of hydrogen-bond donors (Lipinski definition) is 1. The van der Waals surface area contributed by atoms with Gasteiger partial charge in [-0.2, -0.15) is 0 Å². The zero-order valence-electron chi connectivity index (χ0n) is 14.5. The molecule has 0 aliphatic heterocycles. The monoisotopic (exact) mass is 401 g/mol. The lowest BCUT2D eigenvalue weighted by Crippen LogP contribution is -2.25. The SMILES string of the molecule is CCc1nc2c(C)cc(Br)cn2c1C(=O)NCc1ccc(OC)cc1. The predicted molar refractivity (Wildman–Crippen MR) is 101 cm³/mol. The largest absolute Gasteiger partial charge is 0.497 e. The second-order valence-corrected chi connectivity index (χ2v) is 6.74. The summed E-state index contributed by atoms with van der Waals surface area (Å²) in [6, 6.07) is 9.65. The summed E-state index contributed by atoms with van der Waals surface area (Å²) in [5.74, 6) is 0.670. The number of fused-ring (bicyclic) bond motifs is 1. The van der Waals surface area contributed by atoms with Crippen molar-refractivity contribution in [3.63, 3.8) is 0 Å². The van der Waals surface area contributed by atoms with Gasteiger partial charge in [-0.3, -0.25) is 9.20 Å². The van der Waals surface area contributed by atoms with Crippen LogP contribution >= 0.6 is 15.9 Å².